The molecule has 78 valence electrons. The summed E-state index contributed by atoms with van der Waals surface area (Å²) in [4.78, 5) is -0.147. The quantitative estimate of drug-likeness (QED) is 0.701. The highest BCUT2D eigenvalue weighted by molar-refractivity contribution is 7.89. The van der Waals surface area contributed by atoms with Crippen molar-refractivity contribution in [1.82, 2.24) is 4.31 Å². The SMILES string of the molecule is CC(C(N)=S)N(C)S(=O)(=O)C(F)F. The monoisotopic (exact) mass is 232 g/mol. The van der Waals surface area contributed by atoms with E-state index in [0.29, 0.717) is 4.31 Å². The number of alkyl halides is 2. The van der Waals surface area contributed by atoms with E-state index in [-0.39, 0.29) is 4.99 Å². The van der Waals surface area contributed by atoms with Gasteiger partial charge in [-0.05, 0) is 6.92 Å². The zero-order valence-electron chi connectivity index (χ0n) is 7.07. The first-order valence-electron chi connectivity index (χ1n) is 3.25. The number of thiocarbonyl (C=S) groups is 1. The minimum Gasteiger partial charge on any atom is -0.392 e. The van der Waals surface area contributed by atoms with Gasteiger partial charge in [0.2, 0.25) is 0 Å². The Labute approximate surface area is 80.7 Å². The number of hydrogen-bond donors (Lipinski definition) is 1. The van der Waals surface area contributed by atoms with E-state index in [1.807, 2.05) is 0 Å². The normalized spacial score (nSPS) is 14.9. The standard InChI is InChI=1S/C5H10F2N2O2S2/c1-3(4(8)12)9(2)13(10,11)5(6)7/h3,5H,1-2H3,(H2,8,12). The summed E-state index contributed by atoms with van der Waals surface area (Å²) in [5.74, 6) is -3.45. The lowest BCUT2D eigenvalue weighted by Gasteiger charge is -2.22. The Kier molecular flexibility index (Phi) is 4.14. The summed E-state index contributed by atoms with van der Waals surface area (Å²) in [5, 5.41) is 0. The zero-order valence-corrected chi connectivity index (χ0v) is 8.70. The van der Waals surface area contributed by atoms with Crippen LogP contribution in [0.1, 0.15) is 6.92 Å². The molecule has 0 aromatic carbocycles. The maximum atomic E-state index is 12.0. The van der Waals surface area contributed by atoms with Crippen molar-refractivity contribution in [3.8, 4) is 0 Å². The lowest BCUT2D eigenvalue weighted by molar-refractivity contribution is 0.221. The van der Waals surface area contributed by atoms with Gasteiger partial charge in [-0.25, -0.2) is 8.42 Å². The summed E-state index contributed by atoms with van der Waals surface area (Å²) in [7, 11) is -3.58. The molecule has 0 aliphatic carbocycles. The van der Waals surface area contributed by atoms with Crippen LogP contribution in [-0.4, -0.2) is 36.6 Å². The van der Waals surface area contributed by atoms with E-state index >= 15 is 0 Å². The molecule has 0 spiro atoms. The van der Waals surface area contributed by atoms with Crippen LogP contribution in [0.3, 0.4) is 0 Å². The second-order valence-corrected chi connectivity index (χ2v) is 4.83. The summed E-state index contributed by atoms with van der Waals surface area (Å²) < 4.78 is 46.1. The third-order valence-corrected chi connectivity index (χ3v) is 3.49. The molecule has 0 aliphatic rings. The molecule has 0 saturated carbocycles. The molecular formula is C5H10F2N2O2S2. The molecule has 0 aromatic rings. The Morgan fingerprint density at radius 2 is 1.92 bits per heavy atom. The second kappa shape index (κ2) is 4.25. The highest BCUT2D eigenvalue weighted by atomic mass is 32.2. The van der Waals surface area contributed by atoms with E-state index in [1.54, 1.807) is 0 Å². The first-order valence-corrected chi connectivity index (χ1v) is 5.16. The highest BCUT2D eigenvalue weighted by Crippen LogP contribution is 2.12. The van der Waals surface area contributed by atoms with Crippen LogP contribution in [0, 0.1) is 0 Å². The Balaban J connectivity index is 4.80. The lowest BCUT2D eigenvalue weighted by Crippen LogP contribution is -2.44. The molecule has 0 saturated heterocycles. The van der Waals surface area contributed by atoms with Gasteiger partial charge in [-0.1, -0.05) is 12.2 Å². The van der Waals surface area contributed by atoms with Crippen molar-refractivity contribution < 1.29 is 17.2 Å². The summed E-state index contributed by atoms with van der Waals surface area (Å²) in [6.07, 6.45) is 0. The van der Waals surface area contributed by atoms with Gasteiger partial charge in [0, 0.05) is 7.05 Å². The lowest BCUT2D eigenvalue weighted by atomic mass is 10.3. The number of halogens is 2. The van der Waals surface area contributed by atoms with Gasteiger partial charge in [-0.3, -0.25) is 0 Å². The van der Waals surface area contributed by atoms with E-state index in [1.165, 1.54) is 6.92 Å². The molecule has 13 heavy (non-hydrogen) atoms. The van der Waals surface area contributed by atoms with Crippen LogP contribution >= 0.6 is 12.2 Å². The number of likely N-dealkylation sites (N-methyl/N-ethyl adjacent to an activating group) is 1. The molecule has 0 amide bonds. The van der Waals surface area contributed by atoms with Crippen molar-refractivity contribution in [2.75, 3.05) is 7.05 Å². The van der Waals surface area contributed by atoms with Gasteiger partial charge in [-0.15, -0.1) is 0 Å². The summed E-state index contributed by atoms with van der Waals surface area (Å²) >= 11 is 4.48. The number of hydrogen-bond acceptors (Lipinski definition) is 3. The highest BCUT2D eigenvalue weighted by Gasteiger charge is 2.33. The molecule has 8 heteroatoms. The minimum absolute atomic E-state index is 0.147. The molecule has 1 atom stereocenters. The molecule has 0 fully saturated rings. The predicted octanol–water partition coefficient (Wildman–Crippen LogP) is 0.145. The van der Waals surface area contributed by atoms with Crippen molar-refractivity contribution in [3.63, 3.8) is 0 Å². The molecule has 0 rings (SSSR count). The Morgan fingerprint density at radius 1 is 1.54 bits per heavy atom. The van der Waals surface area contributed by atoms with Gasteiger partial charge in [0.05, 0.1) is 11.0 Å². The maximum Gasteiger partial charge on any atom is 0.350 e. The largest absolute Gasteiger partial charge is 0.392 e. The number of rotatable bonds is 4. The van der Waals surface area contributed by atoms with Crippen LogP contribution in [0.5, 0.6) is 0 Å². The molecule has 2 N–H and O–H groups in total. The van der Waals surface area contributed by atoms with E-state index in [0.717, 1.165) is 7.05 Å². The molecule has 0 heterocycles. The summed E-state index contributed by atoms with van der Waals surface area (Å²) in [6, 6.07) is -0.908. The smallest absolute Gasteiger partial charge is 0.350 e. The van der Waals surface area contributed by atoms with Crippen molar-refractivity contribution in [2.24, 2.45) is 5.73 Å². The van der Waals surface area contributed by atoms with Gasteiger partial charge in [0.15, 0.2) is 0 Å². The Morgan fingerprint density at radius 3 is 2.15 bits per heavy atom. The summed E-state index contributed by atoms with van der Waals surface area (Å²) in [6.45, 7) is 1.34. The van der Waals surface area contributed by atoms with Crippen LogP contribution in [-0.2, 0) is 10.0 Å². The van der Waals surface area contributed by atoms with Gasteiger partial charge in [0.25, 0.3) is 10.0 Å². The number of nitrogens with two attached hydrogens (primary N) is 1. The van der Waals surface area contributed by atoms with Gasteiger partial charge < -0.3 is 5.73 Å². The predicted molar refractivity (Wildman–Crippen MR) is 48.9 cm³/mol. The fourth-order valence-electron chi connectivity index (χ4n) is 0.525. The first-order chi connectivity index (χ1) is 5.71. The maximum absolute atomic E-state index is 12.0. The Bertz CT molecular complexity index is 291. The minimum atomic E-state index is -4.59. The molecular weight excluding hydrogens is 222 g/mol. The number of nitrogens with zero attached hydrogens (tertiary/aromatic N) is 1. The van der Waals surface area contributed by atoms with Crippen molar-refractivity contribution >= 4 is 27.2 Å². The van der Waals surface area contributed by atoms with Gasteiger partial charge in [0.1, 0.15) is 0 Å². The third-order valence-electron chi connectivity index (χ3n) is 1.58. The van der Waals surface area contributed by atoms with Crippen molar-refractivity contribution in [3.05, 3.63) is 0 Å². The summed E-state index contributed by atoms with van der Waals surface area (Å²) in [5.41, 5.74) is 5.11. The fraction of sp³-hybridized carbons (Fsp3) is 0.800. The van der Waals surface area contributed by atoms with Crippen LogP contribution in [0.25, 0.3) is 0 Å². The van der Waals surface area contributed by atoms with E-state index in [9.17, 15) is 17.2 Å². The molecule has 0 aliphatic heterocycles. The molecule has 4 nitrogen and oxygen atoms in total. The zero-order chi connectivity index (χ0) is 10.8. The van der Waals surface area contributed by atoms with Crippen molar-refractivity contribution in [2.45, 2.75) is 18.7 Å². The molecule has 1 unspecified atom stereocenters. The van der Waals surface area contributed by atoms with Crippen LogP contribution in [0.4, 0.5) is 8.78 Å². The van der Waals surface area contributed by atoms with E-state index < -0.39 is 21.8 Å². The average molecular weight is 232 g/mol. The number of sulfonamides is 1. The van der Waals surface area contributed by atoms with Crippen LogP contribution in [0.2, 0.25) is 0 Å². The fourth-order valence-corrected chi connectivity index (χ4v) is 1.56. The molecule has 0 bridgehead atoms. The average Bonchev–Trinajstić information content (AvgIpc) is 2.01. The first kappa shape index (κ1) is 12.7. The topological polar surface area (TPSA) is 63.4 Å². The van der Waals surface area contributed by atoms with Gasteiger partial charge in [-0.2, -0.15) is 13.1 Å². The van der Waals surface area contributed by atoms with E-state index in [4.69, 9.17) is 5.73 Å². The van der Waals surface area contributed by atoms with Crippen LogP contribution in [0.15, 0.2) is 0 Å². The molecule has 0 radical (unpaired) electrons. The van der Waals surface area contributed by atoms with E-state index in [2.05, 4.69) is 12.2 Å². The van der Waals surface area contributed by atoms with Crippen molar-refractivity contribution in [1.29, 1.82) is 0 Å². The van der Waals surface area contributed by atoms with Crippen LogP contribution < -0.4 is 5.73 Å². The van der Waals surface area contributed by atoms with Gasteiger partial charge >= 0.3 is 5.76 Å². The molecule has 0 aromatic heterocycles. The second-order valence-electron chi connectivity index (χ2n) is 2.40. The Hall–Kier alpha value is -0.340. The third kappa shape index (κ3) is 2.82.